The molecule has 0 spiro atoms. The fourth-order valence-corrected chi connectivity index (χ4v) is 3.23. The molecule has 4 rings (SSSR count). The zero-order valence-electron chi connectivity index (χ0n) is 15.9. The van der Waals surface area contributed by atoms with E-state index in [2.05, 4.69) is 20.6 Å². The minimum absolute atomic E-state index is 0.0548. The van der Waals surface area contributed by atoms with Crippen molar-refractivity contribution in [3.63, 3.8) is 0 Å². The molecule has 0 aliphatic carbocycles. The molecule has 1 fully saturated rings. The maximum absolute atomic E-state index is 12.7. The largest absolute Gasteiger partial charge is 0.376 e. The summed E-state index contributed by atoms with van der Waals surface area (Å²) in [6.45, 7) is 5.10. The summed E-state index contributed by atoms with van der Waals surface area (Å²) in [7, 11) is 0. The van der Waals surface area contributed by atoms with E-state index < -0.39 is 5.56 Å². The Bertz CT molecular complexity index is 1080. The highest BCUT2D eigenvalue weighted by Gasteiger charge is 2.18. The van der Waals surface area contributed by atoms with Gasteiger partial charge < -0.3 is 10.1 Å². The van der Waals surface area contributed by atoms with Crippen LogP contribution in [0, 0.1) is 13.8 Å². The molecule has 9 nitrogen and oxygen atoms in total. The Morgan fingerprint density at radius 2 is 2.18 bits per heavy atom. The summed E-state index contributed by atoms with van der Waals surface area (Å²) < 4.78 is 8.25. The van der Waals surface area contributed by atoms with Crippen molar-refractivity contribution in [2.45, 2.75) is 39.3 Å². The lowest BCUT2D eigenvalue weighted by Gasteiger charge is -2.11. The molecule has 9 heteroatoms. The molecule has 3 aromatic rings. The van der Waals surface area contributed by atoms with Crippen LogP contribution in [0.3, 0.4) is 0 Å². The third kappa shape index (κ3) is 3.53. The molecular weight excluding hydrogens is 360 g/mol. The summed E-state index contributed by atoms with van der Waals surface area (Å²) in [5.41, 5.74) is 3.16. The van der Waals surface area contributed by atoms with Crippen molar-refractivity contribution in [1.82, 2.24) is 29.9 Å². The van der Waals surface area contributed by atoms with Gasteiger partial charge in [0.05, 0.1) is 11.8 Å². The summed E-state index contributed by atoms with van der Waals surface area (Å²) >= 11 is 0. The highest BCUT2D eigenvalue weighted by molar-refractivity contribution is 5.76. The Balaban J connectivity index is 1.55. The van der Waals surface area contributed by atoms with Gasteiger partial charge in [0.25, 0.3) is 5.56 Å². The molecule has 0 bridgehead atoms. The summed E-state index contributed by atoms with van der Waals surface area (Å²) in [4.78, 5) is 29.2. The molecule has 1 saturated heterocycles. The third-order valence-electron chi connectivity index (χ3n) is 5.03. The molecule has 1 aliphatic heterocycles. The Morgan fingerprint density at radius 3 is 2.93 bits per heavy atom. The van der Waals surface area contributed by atoms with Crippen LogP contribution in [0.1, 0.15) is 24.0 Å². The van der Waals surface area contributed by atoms with Crippen LogP contribution in [0.25, 0.3) is 16.9 Å². The standard InChI is InChI=1S/C19H22N6O3/c1-12-5-6-14(8-13(12)2)25-18-17(22-23-25)19(27)24(11-21-18)10-16(26)20-9-15-4-3-7-28-15/h5-6,8,11,15H,3-4,7,9-10H2,1-2H3,(H,20,26)/t15-/m1/s1. The van der Waals surface area contributed by atoms with Gasteiger partial charge in [-0.25, -0.2) is 4.98 Å². The topological polar surface area (TPSA) is 104 Å². The molecule has 2 aromatic heterocycles. The van der Waals surface area contributed by atoms with E-state index in [0.29, 0.717) is 12.2 Å². The van der Waals surface area contributed by atoms with E-state index in [9.17, 15) is 9.59 Å². The van der Waals surface area contributed by atoms with Crippen molar-refractivity contribution in [2.24, 2.45) is 0 Å². The number of ether oxygens (including phenoxy) is 1. The number of fused-ring (bicyclic) bond motifs is 1. The summed E-state index contributed by atoms with van der Waals surface area (Å²) in [6, 6.07) is 5.86. The Hall–Kier alpha value is -3.07. The highest BCUT2D eigenvalue weighted by atomic mass is 16.5. The number of hydrogen-bond acceptors (Lipinski definition) is 6. The smallest absolute Gasteiger partial charge is 0.284 e. The van der Waals surface area contributed by atoms with E-state index >= 15 is 0 Å². The zero-order chi connectivity index (χ0) is 19.7. The first kappa shape index (κ1) is 18.3. The molecule has 1 atom stereocenters. The van der Waals surface area contributed by atoms with E-state index in [1.54, 1.807) is 0 Å². The molecule has 0 radical (unpaired) electrons. The first-order valence-corrected chi connectivity index (χ1v) is 9.29. The Morgan fingerprint density at radius 1 is 1.32 bits per heavy atom. The first-order valence-electron chi connectivity index (χ1n) is 9.29. The number of benzene rings is 1. The van der Waals surface area contributed by atoms with Crippen LogP contribution in [-0.2, 0) is 16.1 Å². The van der Waals surface area contributed by atoms with E-state index in [1.807, 2.05) is 32.0 Å². The first-order chi connectivity index (χ1) is 13.5. The Kier molecular flexibility index (Phi) is 4.91. The van der Waals surface area contributed by atoms with Gasteiger partial charge in [-0.05, 0) is 49.9 Å². The molecule has 28 heavy (non-hydrogen) atoms. The zero-order valence-corrected chi connectivity index (χ0v) is 15.9. The van der Waals surface area contributed by atoms with Gasteiger partial charge in [-0.2, -0.15) is 4.68 Å². The van der Waals surface area contributed by atoms with E-state index in [1.165, 1.54) is 15.6 Å². The average molecular weight is 382 g/mol. The number of hydrogen-bond donors (Lipinski definition) is 1. The third-order valence-corrected chi connectivity index (χ3v) is 5.03. The average Bonchev–Trinajstić information content (AvgIpc) is 3.34. The van der Waals surface area contributed by atoms with E-state index in [4.69, 9.17) is 4.74 Å². The summed E-state index contributed by atoms with van der Waals surface area (Å²) in [5, 5.41) is 10.9. The molecule has 1 aromatic carbocycles. The van der Waals surface area contributed by atoms with Gasteiger partial charge in [0.1, 0.15) is 12.9 Å². The second-order valence-corrected chi connectivity index (χ2v) is 7.06. The van der Waals surface area contributed by atoms with Crippen LogP contribution in [0.4, 0.5) is 0 Å². The van der Waals surface area contributed by atoms with Gasteiger partial charge in [-0.15, -0.1) is 5.10 Å². The fraction of sp³-hybridized carbons (Fsp3) is 0.421. The lowest BCUT2D eigenvalue weighted by Crippen LogP contribution is -2.36. The van der Waals surface area contributed by atoms with Crippen LogP contribution in [-0.4, -0.2) is 49.7 Å². The molecule has 1 N–H and O–H groups in total. The number of nitrogens with one attached hydrogen (secondary N) is 1. The molecule has 1 aliphatic rings. The number of rotatable bonds is 5. The fourth-order valence-electron chi connectivity index (χ4n) is 3.23. The quantitative estimate of drug-likeness (QED) is 0.703. The SMILES string of the molecule is Cc1ccc(-n2nnc3c(=O)n(CC(=O)NC[C@H]4CCCO4)cnc32)cc1C. The normalized spacial score (nSPS) is 16.6. The van der Waals surface area contributed by atoms with Crippen molar-refractivity contribution in [2.75, 3.05) is 13.2 Å². The lowest BCUT2D eigenvalue weighted by molar-refractivity contribution is -0.122. The predicted octanol–water partition coefficient (Wildman–Crippen LogP) is 0.889. The number of nitrogens with zero attached hydrogens (tertiary/aromatic N) is 5. The molecule has 3 heterocycles. The number of amides is 1. The van der Waals surface area contributed by atoms with Gasteiger partial charge in [-0.3, -0.25) is 14.2 Å². The second-order valence-electron chi connectivity index (χ2n) is 7.06. The van der Waals surface area contributed by atoms with Crippen molar-refractivity contribution in [3.05, 3.63) is 46.0 Å². The van der Waals surface area contributed by atoms with Gasteiger partial charge in [0.2, 0.25) is 5.91 Å². The molecule has 1 amide bonds. The van der Waals surface area contributed by atoms with Crippen LogP contribution >= 0.6 is 0 Å². The molecule has 0 saturated carbocycles. The van der Waals surface area contributed by atoms with E-state index in [0.717, 1.165) is 36.3 Å². The van der Waals surface area contributed by atoms with Crippen LogP contribution < -0.4 is 10.9 Å². The highest BCUT2D eigenvalue weighted by Crippen LogP contribution is 2.16. The minimum atomic E-state index is -0.396. The predicted molar refractivity (Wildman–Crippen MR) is 102 cm³/mol. The monoisotopic (exact) mass is 382 g/mol. The maximum atomic E-state index is 12.7. The van der Waals surface area contributed by atoms with Crippen LogP contribution in [0.2, 0.25) is 0 Å². The number of aryl methyl sites for hydroxylation is 2. The Labute approximate surface area is 161 Å². The van der Waals surface area contributed by atoms with Crippen molar-refractivity contribution >= 4 is 17.1 Å². The van der Waals surface area contributed by atoms with E-state index in [-0.39, 0.29) is 24.1 Å². The molecular formula is C19H22N6O3. The molecule has 146 valence electrons. The van der Waals surface area contributed by atoms with Crippen molar-refractivity contribution in [1.29, 1.82) is 0 Å². The molecule has 0 unspecified atom stereocenters. The maximum Gasteiger partial charge on any atom is 0.284 e. The van der Waals surface area contributed by atoms with Crippen LogP contribution in [0.5, 0.6) is 0 Å². The van der Waals surface area contributed by atoms with Gasteiger partial charge >= 0.3 is 0 Å². The van der Waals surface area contributed by atoms with Crippen molar-refractivity contribution < 1.29 is 9.53 Å². The van der Waals surface area contributed by atoms with Gasteiger partial charge in [-0.1, -0.05) is 11.3 Å². The number of carbonyl (C=O) groups excluding carboxylic acids is 1. The number of carbonyl (C=O) groups is 1. The lowest BCUT2D eigenvalue weighted by atomic mass is 10.1. The van der Waals surface area contributed by atoms with Gasteiger partial charge in [0.15, 0.2) is 11.2 Å². The summed E-state index contributed by atoms with van der Waals surface area (Å²) in [6.07, 6.45) is 3.36. The van der Waals surface area contributed by atoms with Crippen LogP contribution in [0.15, 0.2) is 29.3 Å². The second kappa shape index (κ2) is 7.51. The van der Waals surface area contributed by atoms with Gasteiger partial charge in [0, 0.05) is 13.2 Å². The summed E-state index contributed by atoms with van der Waals surface area (Å²) in [5.74, 6) is -0.264. The minimum Gasteiger partial charge on any atom is -0.376 e. The van der Waals surface area contributed by atoms with Crippen molar-refractivity contribution in [3.8, 4) is 5.69 Å². The number of aromatic nitrogens is 5.